The zero-order chi connectivity index (χ0) is 9.07. The Morgan fingerprint density at radius 3 is 2.27 bits per heavy atom. The van der Waals surface area contributed by atoms with Crippen LogP contribution in [-0.4, -0.2) is 11.6 Å². The van der Waals surface area contributed by atoms with Crippen LogP contribution in [0.3, 0.4) is 0 Å². The van der Waals surface area contributed by atoms with Crippen LogP contribution in [0.25, 0.3) is 0 Å². The molecule has 2 nitrogen and oxygen atoms in total. The Morgan fingerprint density at radius 2 is 2.00 bits per heavy atom. The average Bonchev–Trinajstić information content (AvgIpc) is 1.82. The van der Waals surface area contributed by atoms with E-state index in [9.17, 15) is 4.79 Å². The summed E-state index contributed by atoms with van der Waals surface area (Å²) in [6.07, 6.45) is 4.94. The van der Waals surface area contributed by atoms with Gasteiger partial charge in [-0.3, -0.25) is 0 Å². The molecule has 0 aromatic rings. The van der Waals surface area contributed by atoms with Gasteiger partial charge in [0.15, 0.2) is 0 Å². The van der Waals surface area contributed by atoms with Crippen LogP contribution >= 0.6 is 0 Å². The summed E-state index contributed by atoms with van der Waals surface area (Å²) in [6.45, 7) is 8.66. The molecule has 0 aliphatic carbocycles. The Bertz CT molecular complexity index is 213. The lowest BCUT2D eigenvalue weighted by Crippen LogP contribution is -2.24. The lowest BCUT2D eigenvalue weighted by Gasteiger charge is -2.18. The summed E-state index contributed by atoms with van der Waals surface area (Å²) in [4.78, 5) is 10.9. The van der Waals surface area contributed by atoms with E-state index in [1.807, 2.05) is 0 Å². The van der Waals surface area contributed by atoms with Crippen molar-refractivity contribution < 1.29 is 9.53 Å². The van der Waals surface area contributed by atoms with Crippen LogP contribution in [0, 0.1) is 12.3 Å². The summed E-state index contributed by atoms with van der Waals surface area (Å²) in [5.41, 5.74) is -0.448. The highest BCUT2D eigenvalue weighted by molar-refractivity contribution is 5.92. The van der Waals surface area contributed by atoms with Crippen molar-refractivity contribution in [3.05, 3.63) is 12.2 Å². The molecule has 11 heavy (non-hydrogen) atoms. The predicted molar refractivity (Wildman–Crippen MR) is 43.8 cm³/mol. The Kier molecular flexibility index (Phi) is 2.88. The first-order valence-electron chi connectivity index (χ1n) is 3.25. The molecule has 0 N–H and O–H groups in total. The monoisotopic (exact) mass is 152 g/mol. The fraction of sp³-hybridized carbons (Fsp3) is 0.444. The van der Waals surface area contributed by atoms with E-state index in [-0.39, 0.29) is 5.57 Å². The van der Waals surface area contributed by atoms with Gasteiger partial charge >= 0.3 is 5.97 Å². The van der Waals surface area contributed by atoms with Crippen LogP contribution in [0.1, 0.15) is 20.8 Å². The van der Waals surface area contributed by atoms with Gasteiger partial charge in [-0.2, -0.15) is 0 Å². The minimum atomic E-state index is -0.528. The predicted octanol–water partition coefficient (Wildman–Crippen LogP) is 1.52. The first-order valence-corrected chi connectivity index (χ1v) is 3.25. The third-order valence-electron chi connectivity index (χ3n) is 0.820. The molecule has 0 atom stereocenters. The lowest BCUT2D eigenvalue weighted by molar-refractivity contribution is -0.149. The van der Waals surface area contributed by atoms with Crippen molar-refractivity contribution in [3.8, 4) is 12.3 Å². The maximum absolute atomic E-state index is 10.9. The minimum absolute atomic E-state index is 0.0555. The first-order chi connectivity index (χ1) is 4.87. The minimum Gasteiger partial charge on any atom is -0.456 e. The smallest absolute Gasteiger partial charge is 0.346 e. The van der Waals surface area contributed by atoms with E-state index < -0.39 is 11.6 Å². The van der Waals surface area contributed by atoms with Crippen LogP contribution in [0.2, 0.25) is 0 Å². The van der Waals surface area contributed by atoms with Crippen LogP contribution in [0.4, 0.5) is 0 Å². The molecule has 0 aliphatic rings. The molecule has 0 aromatic heterocycles. The number of ether oxygens (including phenoxy) is 1. The highest BCUT2D eigenvalue weighted by Gasteiger charge is 2.17. The number of esters is 1. The summed E-state index contributed by atoms with van der Waals surface area (Å²) < 4.78 is 4.91. The highest BCUT2D eigenvalue weighted by Crippen LogP contribution is 2.09. The van der Waals surface area contributed by atoms with E-state index >= 15 is 0 Å². The molecule has 0 bridgehead atoms. The molecule has 0 aromatic carbocycles. The Hall–Kier alpha value is -1.23. The molecule has 0 amide bonds. The van der Waals surface area contributed by atoms with Gasteiger partial charge in [-0.25, -0.2) is 4.79 Å². The van der Waals surface area contributed by atoms with Gasteiger partial charge in [0, 0.05) is 0 Å². The summed E-state index contributed by atoms with van der Waals surface area (Å²) in [6, 6.07) is 0. The topological polar surface area (TPSA) is 26.3 Å². The van der Waals surface area contributed by atoms with E-state index in [1.54, 1.807) is 20.8 Å². The number of hydrogen-bond donors (Lipinski definition) is 0. The van der Waals surface area contributed by atoms with Crippen LogP contribution < -0.4 is 0 Å². The molecule has 0 aliphatic heterocycles. The van der Waals surface area contributed by atoms with Gasteiger partial charge in [0.1, 0.15) is 11.2 Å². The van der Waals surface area contributed by atoms with Crippen molar-refractivity contribution in [2.24, 2.45) is 0 Å². The van der Waals surface area contributed by atoms with E-state index in [4.69, 9.17) is 11.2 Å². The van der Waals surface area contributed by atoms with Gasteiger partial charge in [0.25, 0.3) is 0 Å². The maximum atomic E-state index is 10.9. The van der Waals surface area contributed by atoms with Crippen molar-refractivity contribution >= 4 is 5.97 Å². The standard InChI is InChI=1S/C9H12O2/c1-6-7(2)8(10)11-9(3,4)5/h1H,2H2,3-5H3. The Labute approximate surface area is 67.2 Å². The average molecular weight is 152 g/mol. The first kappa shape index (κ1) is 9.77. The molecular weight excluding hydrogens is 140 g/mol. The lowest BCUT2D eigenvalue weighted by atomic mass is 10.2. The van der Waals surface area contributed by atoms with E-state index in [2.05, 4.69) is 12.5 Å². The van der Waals surface area contributed by atoms with Gasteiger partial charge in [-0.1, -0.05) is 12.5 Å². The molecule has 0 saturated carbocycles. The molecule has 0 saturated heterocycles. The number of rotatable bonds is 1. The number of hydrogen-bond acceptors (Lipinski definition) is 2. The molecule has 0 unspecified atom stereocenters. The molecule has 0 fully saturated rings. The molecule has 0 spiro atoms. The van der Waals surface area contributed by atoms with E-state index in [1.165, 1.54) is 0 Å². The van der Waals surface area contributed by atoms with Crippen molar-refractivity contribution in [2.75, 3.05) is 0 Å². The van der Waals surface area contributed by atoms with Crippen molar-refractivity contribution in [3.63, 3.8) is 0 Å². The Morgan fingerprint density at radius 1 is 1.55 bits per heavy atom. The van der Waals surface area contributed by atoms with Crippen molar-refractivity contribution in [1.29, 1.82) is 0 Å². The Balaban J connectivity index is 4.13. The largest absolute Gasteiger partial charge is 0.456 e. The zero-order valence-corrected chi connectivity index (χ0v) is 7.10. The van der Waals surface area contributed by atoms with Gasteiger partial charge in [-0.05, 0) is 20.8 Å². The third-order valence-corrected chi connectivity index (χ3v) is 0.820. The second-order valence-electron chi connectivity index (χ2n) is 3.12. The fourth-order valence-electron chi connectivity index (χ4n) is 0.399. The van der Waals surface area contributed by atoms with Crippen LogP contribution in [-0.2, 0) is 9.53 Å². The number of carbonyl (C=O) groups is 1. The van der Waals surface area contributed by atoms with Crippen LogP contribution in [0.5, 0.6) is 0 Å². The molecule has 60 valence electrons. The van der Waals surface area contributed by atoms with Gasteiger partial charge < -0.3 is 4.74 Å². The third kappa shape index (κ3) is 4.21. The molecule has 0 heterocycles. The summed E-state index contributed by atoms with van der Waals surface area (Å²) in [7, 11) is 0. The maximum Gasteiger partial charge on any atom is 0.346 e. The van der Waals surface area contributed by atoms with E-state index in [0.717, 1.165) is 0 Å². The second kappa shape index (κ2) is 3.25. The summed E-state index contributed by atoms with van der Waals surface area (Å²) in [5.74, 6) is 1.59. The van der Waals surface area contributed by atoms with Gasteiger partial charge in [0.05, 0.1) is 0 Å². The van der Waals surface area contributed by atoms with Crippen molar-refractivity contribution in [2.45, 2.75) is 26.4 Å². The zero-order valence-electron chi connectivity index (χ0n) is 7.10. The molecule has 0 rings (SSSR count). The number of terminal acetylenes is 1. The molecular formula is C9H12O2. The molecule has 0 radical (unpaired) electrons. The SMILES string of the molecule is C#CC(=C)C(=O)OC(C)(C)C. The normalized spacial score (nSPS) is 10.0. The quantitative estimate of drug-likeness (QED) is 0.323. The summed E-state index contributed by atoms with van der Waals surface area (Å²) in [5, 5.41) is 0. The van der Waals surface area contributed by atoms with Gasteiger partial charge in [-0.15, -0.1) is 6.42 Å². The van der Waals surface area contributed by atoms with Crippen molar-refractivity contribution in [1.82, 2.24) is 0 Å². The van der Waals surface area contributed by atoms with Crippen LogP contribution in [0.15, 0.2) is 12.2 Å². The summed E-state index contributed by atoms with van der Waals surface area (Å²) >= 11 is 0. The van der Waals surface area contributed by atoms with Gasteiger partial charge in [0.2, 0.25) is 0 Å². The number of carbonyl (C=O) groups excluding carboxylic acids is 1. The fourth-order valence-corrected chi connectivity index (χ4v) is 0.399. The van der Waals surface area contributed by atoms with E-state index in [0.29, 0.717) is 0 Å². The second-order valence-corrected chi connectivity index (χ2v) is 3.12. The highest BCUT2D eigenvalue weighted by atomic mass is 16.6. The molecule has 2 heteroatoms.